The number of hydrogen-bond acceptors (Lipinski definition) is 2. The Kier molecular flexibility index (Phi) is 2.13. The van der Waals surface area contributed by atoms with Crippen LogP contribution in [-0.2, 0) is 4.79 Å². The molecule has 60 valence electrons. The second-order valence-electron chi connectivity index (χ2n) is 2.83. The van der Waals surface area contributed by atoms with Crippen LogP contribution < -0.4 is 0 Å². The maximum atomic E-state index is 10.9. The first kappa shape index (κ1) is 8.05. The van der Waals surface area contributed by atoms with Gasteiger partial charge in [-0.3, -0.25) is 4.79 Å². The van der Waals surface area contributed by atoms with Gasteiger partial charge in [0.25, 0.3) is 0 Å². The molecule has 0 atom stereocenters. The van der Waals surface area contributed by atoms with E-state index in [2.05, 4.69) is 6.58 Å². The minimum absolute atomic E-state index is 0.0767. The lowest BCUT2D eigenvalue weighted by Gasteiger charge is -2.15. The Morgan fingerprint density at radius 2 is 2.18 bits per heavy atom. The van der Waals surface area contributed by atoms with Crippen molar-refractivity contribution in [1.29, 1.82) is 0 Å². The number of Topliss-reactive ketones (excluding diaryl/α,β-unsaturated/α-hetero) is 1. The number of ketones is 1. The maximum Gasteiger partial charge on any atom is 0.163 e. The average molecular weight is 152 g/mol. The molecule has 0 saturated carbocycles. The highest BCUT2D eigenvalue weighted by Gasteiger charge is 2.18. The van der Waals surface area contributed by atoms with Gasteiger partial charge < -0.3 is 5.11 Å². The van der Waals surface area contributed by atoms with Gasteiger partial charge in [-0.2, -0.15) is 0 Å². The van der Waals surface area contributed by atoms with Crippen LogP contribution in [0.25, 0.3) is 0 Å². The van der Waals surface area contributed by atoms with Gasteiger partial charge in [0.2, 0.25) is 0 Å². The number of carbonyl (C=O) groups excluding carboxylic acids is 1. The van der Waals surface area contributed by atoms with E-state index in [-0.39, 0.29) is 11.5 Å². The van der Waals surface area contributed by atoms with Crippen LogP contribution in [0.2, 0.25) is 0 Å². The van der Waals surface area contributed by atoms with E-state index in [4.69, 9.17) is 0 Å². The first-order valence-electron chi connectivity index (χ1n) is 3.74. The third kappa shape index (κ3) is 1.50. The summed E-state index contributed by atoms with van der Waals surface area (Å²) in [6.45, 7) is 5.19. The van der Waals surface area contributed by atoms with Crippen LogP contribution in [0.4, 0.5) is 0 Å². The molecule has 0 bridgehead atoms. The molecule has 0 amide bonds. The monoisotopic (exact) mass is 152 g/mol. The zero-order valence-electron chi connectivity index (χ0n) is 6.68. The van der Waals surface area contributed by atoms with Gasteiger partial charge in [-0.25, -0.2) is 0 Å². The lowest BCUT2D eigenvalue weighted by molar-refractivity contribution is -0.113. The second-order valence-corrected chi connectivity index (χ2v) is 2.83. The molecule has 1 aliphatic carbocycles. The maximum absolute atomic E-state index is 10.9. The minimum Gasteiger partial charge on any atom is -0.512 e. The molecule has 1 aliphatic rings. The predicted octanol–water partition coefficient (Wildman–Crippen LogP) is 2.13. The van der Waals surface area contributed by atoms with Crippen molar-refractivity contribution in [3.63, 3.8) is 0 Å². The van der Waals surface area contributed by atoms with Gasteiger partial charge in [-0.05, 0) is 25.3 Å². The minimum atomic E-state index is -0.0767. The molecule has 0 fully saturated rings. The van der Waals surface area contributed by atoms with Gasteiger partial charge in [0, 0.05) is 6.42 Å². The van der Waals surface area contributed by atoms with Crippen LogP contribution in [0.1, 0.15) is 26.2 Å². The molecular formula is C9H12O2. The molecule has 0 aromatic rings. The van der Waals surface area contributed by atoms with Crippen LogP contribution in [-0.4, -0.2) is 10.9 Å². The Bertz CT molecular complexity index is 236. The van der Waals surface area contributed by atoms with Crippen LogP contribution in [0.3, 0.4) is 0 Å². The zero-order chi connectivity index (χ0) is 8.43. The van der Waals surface area contributed by atoms with Crippen molar-refractivity contribution in [1.82, 2.24) is 0 Å². The molecule has 0 saturated heterocycles. The molecule has 11 heavy (non-hydrogen) atoms. The fourth-order valence-electron chi connectivity index (χ4n) is 1.38. The highest BCUT2D eigenvalue weighted by atomic mass is 16.3. The Morgan fingerprint density at radius 3 is 2.55 bits per heavy atom. The lowest BCUT2D eigenvalue weighted by atomic mass is 9.91. The van der Waals surface area contributed by atoms with Crippen molar-refractivity contribution >= 4 is 5.78 Å². The number of rotatable bonds is 1. The molecule has 0 aromatic carbocycles. The summed E-state index contributed by atoms with van der Waals surface area (Å²) < 4.78 is 0. The molecule has 0 heterocycles. The zero-order valence-corrected chi connectivity index (χ0v) is 6.68. The number of carbonyl (C=O) groups is 1. The quantitative estimate of drug-likeness (QED) is 0.625. The Hall–Kier alpha value is -1.05. The Balaban J connectivity index is 3.01. The second kappa shape index (κ2) is 2.91. The highest BCUT2D eigenvalue weighted by Crippen LogP contribution is 2.27. The molecule has 1 rings (SSSR count). The number of allylic oxidation sites excluding steroid dienone is 3. The summed E-state index contributed by atoms with van der Waals surface area (Å²) in [4.78, 5) is 10.9. The van der Waals surface area contributed by atoms with Gasteiger partial charge in [-0.15, -0.1) is 0 Å². The molecule has 0 spiro atoms. The number of hydrogen-bond donors (Lipinski definition) is 1. The van der Waals surface area contributed by atoms with Crippen molar-refractivity contribution in [2.45, 2.75) is 26.2 Å². The average Bonchev–Trinajstić information content (AvgIpc) is 1.85. The van der Waals surface area contributed by atoms with Crippen molar-refractivity contribution < 1.29 is 9.90 Å². The van der Waals surface area contributed by atoms with Crippen molar-refractivity contribution in [3.05, 3.63) is 23.5 Å². The third-order valence-corrected chi connectivity index (χ3v) is 1.89. The SMILES string of the molecule is C=C1CCCC(O)=C1C(C)=O. The van der Waals surface area contributed by atoms with E-state index in [0.717, 1.165) is 18.4 Å². The van der Waals surface area contributed by atoms with E-state index in [1.54, 1.807) is 0 Å². The van der Waals surface area contributed by atoms with Crippen molar-refractivity contribution in [2.24, 2.45) is 0 Å². The normalized spacial score (nSPS) is 18.8. The topological polar surface area (TPSA) is 37.3 Å². The van der Waals surface area contributed by atoms with E-state index in [9.17, 15) is 9.90 Å². The van der Waals surface area contributed by atoms with Gasteiger partial charge in [0.1, 0.15) is 5.76 Å². The summed E-state index contributed by atoms with van der Waals surface area (Å²) in [7, 11) is 0. The van der Waals surface area contributed by atoms with E-state index in [1.807, 2.05) is 0 Å². The summed E-state index contributed by atoms with van der Waals surface area (Å²) in [5.74, 6) is 0.140. The Labute approximate surface area is 66.2 Å². The summed E-state index contributed by atoms with van der Waals surface area (Å²) in [5.41, 5.74) is 1.23. The number of aliphatic hydroxyl groups excluding tert-OH is 1. The third-order valence-electron chi connectivity index (χ3n) is 1.89. The molecule has 0 aliphatic heterocycles. The van der Waals surface area contributed by atoms with Crippen LogP contribution in [0.15, 0.2) is 23.5 Å². The van der Waals surface area contributed by atoms with E-state index < -0.39 is 0 Å². The standard InChI is InChI=1S/C9H12O2/c1-6-4-3-5-8(11)9(6)7(2)10/h11H,1,3-5H2,2H3. The molecule has 2 nitrogen and oxygen atoms in total. The highest BCUT2D eigenvalue weighted by molar-refractivity contribution is 5.98. The molecule has 0 unspecified atom stereocenters. The molecule has 1 N–H and O–H groups in total. The van der Waals surface area contributed by atoms with Crippen LogP contribution in [0, 0.1) is 0 Å². The predicted molar refractivity (Wildman–Crippen MR) is 43.3 cm³/mol. The lowest BCUT2D eigenvalue weighted by Crippen LogP contribution is -2.08. The fourth-order valence-corrected chi connectivity index (χ4v) is 1.38. The molecule has 0 aromatic heterocycles. The van der Waals surface area contributed by atoms with E-state index in [1.165, 1.54) is 6.92 Å². The summed E-state index contributed by atoms with van der Waals surface area (Å²) in [5, 5.41) is 9.31. The summed E-state index contributed by atoms with van der Waals surface area (Å²) in [6, 6.07) is 0. The Morgan fingerprint density at radius 1 is 1.55 bits per heavy atom. The van der Waals surface area contributed by atoms with Crippen molar-refractivity contribution in [3.8, 4) is 0 Å². The summed E-state index contributed by atoms with van der Waals surface area (Å²) >= 11 is 0. The fraction of sp³-hybridized carbons (Fsp3) is 0.444. The first-order valence-corrected chi connectivity index (χ1v) is 3.74. The number of aliphatic hydroxyl groups is 1. The molecule has 0 radical (unpaired) electrons. The van der Waals surface area contributed by atoms with Crippen LogP contribution >= 0.6 is 0 Å². The van der Waals surface area contributed by atoms with E-state index >= 15 is 0 Å². The van der Waals surface area contributed by atoms with Crippen molar-refractivity contribution in [2.75, 3.05) is 0 Å². The van der Waals surface area contributed by atoms with Gasteiger partial charge in [-0.1, -0.05) is 6.58 Å². The molecule has 2 heteroatoms. The van der Waals surface area contributed by atoms with E-state index in [0.29, 0.717) is 12.0 Å². The largest absolute Gasteiger partial charge is 0.512 e. The molecular weight excluding hydrogens is 140 g/mol. The first-order chi connectivity index (χ1) is 5.13. The van der Waals surface area contributed by atoms with Gasteiger partial charge in [0.05, 0.1) is 5.57 Å². The smallest absolute Gasteiger partial charge is 0.163 e. The van der Waals surface area contributed by atoms with Crippen LogP contribution in [0.5, 0.6) is 0 Å². The summed E-state index contributed by atoms with van der Waals surface area (Å²) in [6.07, 6.45) is 2.36. The van der Waals surface area contributed by atoms with Gasteiger partial charge >= 0.3 is 0 Å². The van der Waals surface area contributed by atoms with Gasteiger partial charge in [0.15, 0.2) is 5.78 Å².